The summed E-state index contributed by atoms with van der Waals surface area (Å²) in [5.74, 6) is -1.10. The lowest BCUT2D eigenvalue weighted by Crippen LogP contribution is -2.07. The Labute approximate surface area is 45.1 Å². The zero-order chi connectivity index (χ0) is 6.15. The Morgan fingerprint density at radius 1 is 1.75 bits per heavy atom. The maximum Gasteiger partial charge on any atom is 0.336 e. The monoisotopic (exact) mass is 115 g/mol. The largest absolute Gasteiger partial charge is 0.479 e. The molecule has 43 valence electrons. The number of hydrogen-bond donors (Lipinski definition) is 1. The van der Waals surface area contributed by atoms with Gasteiger partial charge in [-0.15, -0.1) is 0 Å². The van der Waals surface area contributed by atoms with Gasteiger partial charge in [0.2, 0.25) is 6.29 Å². The van der Waals surface area contributed by atoms with Crippen molar-refractivity contribution >= 4 is 12.3 Å². The summed E-state index contributed by atoms with van der Waals surface area (Å²) in [6.07, 6.45) is -0.319. The molecule has 1 radical (unpaired) electrons. The van der Waals surface area contributed by atoms with Crippen LogP contribution in [0.2, 0.25) is 0 Å². The van der Waals surface area contributed by atoms with Crippen LogP contribution in [0.4, 0.5) is 0 Å². The van der Waals surface area contributed by atoms with Crippen LogP contribution >= 0.6 is 0 Å². The van der Waals surface area contributed by atoms with Gasteiger partial charge in [0.1, 0.15) is 0 Å². The molecule has 1 heterocycles. The zero-order valence-corrected chi connectivity index (χ0v) is 3.83. The molecule has 0 aromatic carbocycles. The van der Waals surface area contributed by atoms with Gasteiger partial charge in [0, 0.05) is 0 Å². The van der Waals surface area contributed by atoms with Crippen molar-refractivity contribution in [3.63, 3.8) is 0 Å². The fourth-order valence-electron chi connectivity index (χ4n) is 0.390. The minimum Gasteiger partial charge on any atom is -0.479 e. The molecular weight excluding hydrogens is 112 g/mol. The molecule has 0 aromatic rings. The third kappa shape index (κ3) is 0.696. The van der Waals surface area contributed by atoms with Crippen LogP contribution < -0.4 is 0 Å². The Morgan fingerprint density at radius 2 is 2.38 bits per heavy atom. The Hall–Kier alpha value is -0.900. The van der Waals surface area contributed by atoms with Gasteiger partial charge in [-0.05, 0) is 0 Å². The normalized spacial score (nSPS) is 34.0. The summed E-state index contributed by atoms with van der Waals surface area (Å²) >= 11 is 0. The number of carbonyl (C=O) groups excluding carboxylic acids is 1. The predicted molar refractivity (Wildman–Crippen MR) is 22.0 cm³/mol. The van der Waals surface area contributed by atoms with E-state index in [0.717, 1.165) is 0 Å². The number of epoxide rings is 1. The summed E-state index contributed by atoms with van der Waals surface area (Å²) in [7, 11) is 0. The Morgan fingerprint density at radius 3 is 2.50 bits per heavy atom. The predicted octanol–water partition coefficient (Wildman–Crippen LogP) is -1.05. The number of carboxylic acid groups (broad SMARTS) is 1. The number of aliphatic carboxylic acids is 1. The van der Waals surface area contributed by atoms with E-state index in [9.17, 15) is 9.59 Å². The van der Waals surface area contributed by atoms with Gasteiger partial charge in [0.25, 0.3) is 0 Å². The van der Waals surface area contributed by atoms with Gasteiger partial charge in [-0.1, -0.05) is 0 Å². The van der Waals surface area contributed by atoms with Crippen molar-refractivity contribution in [3.8, 4) is 0 Å². The first kappa shape index (κ1) is 5.24. The molecule has 4 nitrogen and oxygen atoms in total. The highest BCUT2D eigenvalue weighted by Crippen LogP contribution is 2.18. The van der Waals surface area contributed by atoms with Crippen LogP contribution in [0, 0.1) is 0 Å². The van der Waals surface area contributed by atoms with Crippen molar-refractivity contribution in [2.45, 2.75) is 12.2 Å². The van der Waals surface area contributed by atoms with Crippen molar-refractivity contribution in [1.29, 1.82) is 0 Å². The number of rotatable bonds is 2. The lowest BCUT2D eigenvalue weighted by molar-refractivity contribution is -0.138. The van der Waals surface area contributed by atoms with E-state index >= 15 is 0 Å². The highest BCUT2D eigenvalue weighted by Gasteiger charge is 2.45. The first-order valence-corrected chi connectivity index (χ1v) is 2.01. The third-order valence-corrected chi connectivity index (χ3v) is 0.851. The summed E-state index contributed by atoms with van der Waals surface area (Å²) in [6, 6.07) is 0. The maximum atomic E-state index is 9.83. The molecule has 1 fully saturated rings. The second kappa shape index (κ2) is 1.56. The van der Waals surface area contributed by atoms with Crippen molar-refractivity contribution in [3.05, 3.63) is 0 Å². The van der Waals surface area contributed by atoms with E-state index in [4.69, 9.17) is 5.11 Å². The second-order valence-corrected chi connectivity index (χ2v) is 1.43. The highest BCUT2D eigenvalue weighted by atomic mass is 16.6. The summed E-state index contributed by atoms with van der Waals surface area (Å²) in [5, 5.41) is 8.05. The SMILES string of the molecule is O=[C][C@H]1O[C@@H]1C(=O)O. The molecule has 1 saturated heterocycles. The fraction of sp³-hybridized carbons (Fsp3) is 0.500. The number of hydrogen-bond acceptors (Lipinski definition) is 3. The van der Waals surface area contributed by atoms with Crippen molar-refractivity contribution in [2.24, 2.45) is 0 Å². The minimum atomic E-state index is -1.10. The van der Waals surface area contributed by atoms with Gasteiger partial charge in [-0.2, -0.15) is 0 Å². The third-order valence-electron chi connectivity index (χ3n) is 0.851. The van der Waals surface area contributed by atoms with Gasteiger partial charge in [-0.25, -0.2) is 4.79 Å². The van der Waals surface area contributed by atoms with E-state index in [1.54, 1.807) is 0 Å². The van der Waals surface area contributed by atoms with Crippen LogP contribution in [0.5, 0.6) is 0 Å². The molecular formula is C4H3O4. The van der Waals surface area contributed by atoms with Crippen molar-refractivity contribution < 1.29 is 19.4 Å². The lowest BCUT2D eigenvalue weighted by Gasteiger charge is -1.73. The van der Waals surface area contributed by atoms with Crippen LogP contribution in [0.25, 0.3) is 0 Å². The molecule has 1 aliphatic rings. The average molecular weight is 115 g/mol. The molecule has 1 N–H and O–H groups in total. The number of ether oxygens (including phenoxy) is 1. The zero-order valence-electron chi connectivity index (χ0n) is 3.83. The lowest BCUT2D eigenvalue weighted by atomic mass is 10.3. The molecule has 0 amide bonds. The van der Waals surface area contributed by atoms with Crippen LogP contribution in [0.15, 0.2) is 0 Å². The van der Waals surface area contributed by atoms with Crippen molar-refractivity contribution in [2.75, 3.05) is 0 Å². The molecule has 0 saturated carbocycles. The first-order chi connectivity index (χ1) is 3.75. The maximum absolute atomic E-state index is 9.83. The summed E-state index contributed by atoms with van der Waals surface area (Å²) in [5.41, 5.74) is 0. The summed E-state index contributed by atoms with van der Waals surface area (Å²) in [4.78, 5) is 19.4. The first-order valence-electron chi connectivity index (χ1n) is 2.01. The molecule has 2 atom stereocenters. The number of carboxylic acids is 1. The van der Waals surface area contributed by atoms with Crippen molar-refractivity contribution in [1.82, 2.24) is 0 Å². The van der Waals surface area contributed by atoms with E-state index in [0.29, 0.717) is 0 Å². The van der Waals surface area contributed by atoms with Gasteiger partial charge in [0.15, 0.2) is 12.2 Å². The standard InChI is InChI=1S/C4H3O4/c5-1-2-3(8-2)4(6)7/h2-3H,(H,6,7)/t2-,3+/m1/s1. The van der Waals surface area contributed by atoms with E-state index in [1.165, 1.54) is 6.29 Å². The number of carbonyl (C=O) groups is 1. The van der Waals surface area contributed by atoms with Gasteiger partial charge < -0.3 is 9.84 Å². The van der Waals surface area contributed by atoms with E-state index in [1.807, 2.05) is 0 Å². The molecule has 0 bridgehead atoms. The summed E-state index contributed by atoms with van der Waals surface area (Å²) in [6.45, 7) is 0. The molecule has 0 aliphatic carbocycles. The van der Waals surface area contributed by atoms with Crippen LogP contribution in [-0.2, 0) is 14.3 Å². The molecule has 0 unspecified atom stereocenters. The Kier molecular flexibility index (Phi) is 1.02. The van der Waals surface area contributed by atoms with E-state index in [2.05, 4.69) is 4.74 Å². The van der Waals surface area contributed by atoms with Crippen LogP contribution in [-0.4, -0.2) is 29.6 Å². The highest BCUT2D eigenvalue weighted by molar-refractivity contribution is 5.82. The summed E-state index contributed by atoms with van der Waals surface area (Å²) < 4.78 is 4.30. The second-order valence-electron chi connectivity index (χ2n) is 1.43. The minimum absolute atomic E-state index is 0.813. The average Bonchev–Trinajstić information content (AvgIpc) is 2.42. The Bertz CT molecular complexity index is 130. The van der Waals surface area contributed by atoms with E-state index in [-0.39, 0.29) is 0 Å². The van der Waals surface area contributed by atoms with Gasteiger partial charge in [0.05, 0.1) is 0 Å². The topological polar surface area (TPSA) is 66.9 Å². The van der Waals surface area contributed by atoms with Crippen LogP contribution in [0.3, 0.4) is 0 Å². The Balaban J connectivity index is 2.36. The molecule has 4 heteroatoms. The molecule has 0 aromatic heterocycles. The van der Waals surface area contributed by atoms with E-state index < -0.39 is 18.2 Å². The molecule has 0 spiro atoms. The molecule has 1 aliphatic heterocycles. The fourth-order valence-corrected chi connectivity index (χ4v) is 0.390. The smallest absolute Gasteiger partial charge is 0.336 e. The van der Waals surface area contributed by atoms with Crippen LogP contribution in [0.1, 0.15) is 0 Å². The molecule has 8 heavy (non-hydrogen) atoms. The van der Waals surface area contributed by atoms with Gasteiger partial charge >= 0.3 is 5.97 Å². The quantitative estimate of drug-likeness (QED) is 0.466. The molecule has 1 rings (SSSR count). The van der Waals surface area contributed by atoms with Gasteiger partial charge in [-0.3, -0.25) is 4.79 Å².